The van der Waals surface area contributed by atoms with E-state index in [0.29, 0.717) is 0 Å². The quantitative estimate of drug-likeness (QED) is 0.151. The first-order valence-electron chi connectivity index (χ1n) is 22.3. The SMILES string of the molecule is c1ccc(-c2ccccc2-c2ccccc2-c2ccccc2N(c2ccc3c(c2)-c2ccccc2C32c3ccccc3-c3ccccc32)c2cccc3c2ccc2ccccc23)cc1. The fraction of sp³-hybridized carbons (Fsp3) is 0.0159. The molecule has 11 aromatic rings. The van der Waals surface area contributed by atoms with Gasteiger partial charge in [0, 0.05) is 16.6 Å². The lowest BCUT2D eigenvalue weighted by Crippen LogP contribution is -2.25. The zero-order valence-electron chi connectivity index (χ0n) is 35.1. The van der Waals surface area contributed by atoms with Crippen LogP contribution in [-0.2, 0) is 5.41 Å². The molecule has 1 heteroatoms. The maximum atomic E-state index is 2.52. The van der Waals surface area contributed by atoms with Crippen LogP contribution in [0.3, 0.4) is 0 Å². The number of hydrogen-bond donors (Lipinski definition) is 0. The van der Waals surface area contributed by atoms with E-state index in [9.17, 15) is 0 Å². The van der Waals surface area contributed by atoms with Gasteiger partial charge in [0.15, 0.2) is 0 Å². The molecule has 11 aromatic carbocycles. The minimum absolute atomic E-state index is 0.413. The summed E-state index contributed by atoms with van der Waals surface area (Å²) in [5.41, 5.74) is 20.7. The van der Waals surface area contributed by atoms with Crippen LogP contribution in [0, 0.1) is 0 Å². The van der Waals surface area contributed by atoms with E-state index in [1.165, 1.54) is 93.9 Å². The number of hydrogen-bond acceptors (Lipinski definition) is 1. The molecule has 0 saturated carbocycles. The van der Waals surface area contributed by atoms with Crippen molar-refractivity contribution in [2.45, 2.75) is 5.41 Å². The Bertz CT molecular complexity index is 3590. The van der Waals surface area contributed by atoms with Gasteiger partial charge in [0.2, 0.25) is 0 Å². The molecule has 0 saturated heterocycles. The highest BCUT2D eigenvalue weighted by atomic mass is 15.1. The number of rotatable bonds is 6. The fourth-order valence-corrected chi connectivity index (χ4v) is 11.3. The monoisotopic (exact) mass is 811 g/mol. The zero-order chi connectivity index (χ0) is 42.2. The van der Waals surface area contributed by atoms with Gasteiger partial charge in [-0.15, -0.1) is 0 Å². The molecule has 298 valence electrons. The summed E-state index contributed by atoms with van der Waals surface area (Å²) in [6.07, 6.45) is 0. The van der Waals surface area contributed by atoms with Crippen LogP contribution in [0.1, 0.15) is 22.3 Å². The van der Waals surface area contributed by atoms with Gasteiger partial charge in [0.1, 0.15) is 0 Å². The standard InChI is InChI=1S/C63H41N/c1-2-19-42(20-3-1)45-23-6-7-24-47(45)49-25-8-9-26-50(49)54-30-13-17-35-61(54)64(62-36-18-31-48-46-22-5-4-21-43(46)37-39-55(48)62)44-38-40-60-56(41-44)53-29-12-16-34-59(53)63(60)57-32-14-10-27-51(57)52-28-11-15-33-58(52)63/h1-41H. The van der Waals surface area contributed by atoms with E-state index >= 15 is 0 Å². The number of para-hydroxylation sites is 1. The molecule has 0 aromatic heterocycles. The number of anilines is 3. The summed E-state index contributed by atoms with van der Waals surface area (Å²) in [4.78, 5) is 2.52. The van der Waals surface area contributed by atoms with Crippen molar-refractivity contribution in [1.29, 1.82) is 0 Å². The third-order valence-electron chi connectivity index (χ3n) is 13.9. The number of benzene rings is 11. The van der Waals surface area contributed by atoms with Gasteiger partial charge in [-0.1, -0.05) is 224 Å². The predicted molar refractivity (Wildman–Crippen MR) is 269 cm³/mol. The molecule has 0 N–H and O–H groups in total. The molecule has 0 atom stereocenters. The fourth-order valence-electron chi connectivity index (χ4n) is 11.3. The molecule has 1 nitrogen and oxygen atoms in total. The van der Waals surface area contributed by atoms with E-state index in [4.69, 9.17) is 0 Å². The van der Waals surface area contributed by atoms with Gasteiger partial charge < -0.3 is 4.90 Å². The van der Waals surface area contributed by atoms with E-state index in [1.54, 1.807) is 0 Å². The normalized spacial score (nSPS) is 12.8. The minimum atomic E-state index is -0.413. The third kappa shape index (κ3) is 5.25. The van der Waals surface area contributed by atoms with Crippen molar-refractivity contribution in [2.24, 2.45) is 0 Å². The van der Waals surface area contributed by atoms with Crippen LogP contribution in [0.25, 0.3) is 77.2 Å². The molecule has 0 radical (unpaired) electrons. The maximum Gasteiger partial charge on any atom is 0.0725 e. The van der Waals surface area contributed by atoms with Crippen molar-refractivity contribution in [2.75, 3.05) is 4.90 Å². The van der Waals surface area contributed by atoms with Crippen LogP contribution in [-0.4, -0.2) is 0 Å². The average molecular weight is 812 g/mol. The summed E-state index contributed by atoms with van der Waals surface area (Å²) in [7, 11) is 0. The Labute approximate surface area is 373 Å². The first kappa shape index (κ1) is 36.4. The average Bonchev–Trinajstić information content (AvgIpc) is 3.84. The van der Waals surface area contributed by atoms with Crippen molar-refractivity contribution in [3.8, 4) is 55.6 Å². The lowest BCUT2D eigenvalue weighted by molar-refractivity contribution is 0.794. The summed E-state index contributed by atoms with van der Waals surface area (Å²) in [5, 5.41) is 4.93. The smallest absolute Gasteiger partial charge is 0.0725 e. The van der Waals surface area contributed by atoms with Crippen LogP contribution in [0.2, 0.25) is 0 Å². The highest BCUT2D eigenvalue weighted by Crippen LogP contribution is 2.63. The van der Waals surface area contributed by atoms with Gasteiger partial charge in [-0.3, -0.25) is 0 Å². The highest BCUT2D eigenvalue weighted by Gasteiger charge is 2.51. The molecule has 1 spiro atoms. The number of fused-ring (bicyclic) bond motifs is 13. The van der Waals surface area contributed by atoms with Crippen molar-refractivity contribution in [1.82, 2.24) is 0 Å². The number of nitrogens with zero attached hydrogens (tertiary/aromatic N) is 1. The molecular weight excluding hydrogens is 771 g/mol. The van der Waals surface area contributed by atoms with Gasteiger partial charge in [0.25, 0.3) is 0 Å². The minimum Gasteiger partial charge on any atom is -0.309 e. The molecule has 64 heavy (non-hydrogen) atoms. The Morgan fingerprint density at radius 1 is 0.250 bits per heavy atom. The van der Waals surface area contributed by atoms with Crippen LogP contribution < -0.4 is 4.90 Å². The van der Waals surface area contributed by atoms with Crippen molar-refractivity contribution >= 4 is 38.6 Å². The Morgan fingerprint density at radius 2 is 0.719 bits per heavy atom. The molecule has 0 bridgehead atoms. The van der Waals surface area contributed by atoms with Gasteiger partial charge in [-0.05, 0) is 113 Å². The molecule has 2 aliphatic rings. The highest BCUT2D eigenvalue weighted by molar-refractivity contribution is 6.13. The summed E-state index contributed by atoms with van der Waals surface area (Å²) < 4.78 is 0. The summed E-state index contributed by atoms with van der Waals surface area (Å²) in [6, 6.07) is 92.1. The zero-order valence-corrected chi connectivity index (χ0v) is 35.1. The molecule has 0 fully saturated rings. The van der Waals surface area contributed by atoms with Crippen LogP contribution >= 0.6 is 0 Å². The molecule has 0 heterocycles. The summed E-state index contributed by atoms with van der Waals surface area (Å²) >= 11 is 0. The predicted octanol–water partition coefficient (Wildman–Crippen LogP) is 16.8. The van der Waals surface area contributed by atoms with Crippen LogP contribution in [0.15, 0.2) is 249 Å². The lowest BCUT2D eigenvalue weighted by atomic mass is 9.70. The van der Waals surface area contributed by atoms with Gasteiger partial charge >= 0.3 is 0 Å². The van der Waals surface area contributed by atoms with E-state index < -0.39 is 5.41 Å². The Morgan fingerprint density at radius 3 is 1.41 bits per heavy atom. The van der Waals surface area contributed by atoms with Gasteiger partial charge in [0.05, 0.1) is 16.8 Å². The molecular formula is C63H41N. The summed E-state index contributed by atoms with van der Waals surface area (Å²) in [6.45, 7) is 0. The molecule has 13 rings (SSSR count). The Balaban J connectivity index is 1.08. The first-order chi connectivity index (χ1) is 31.8. The molecule has 2 aliphatic carbocycles. The lowest BCUT2D eigenvalue weighted by Gasteiger charge is -2.32. The van der Waals surface area contributed by atoms with Crippen LogP contribution in [0.5, 0.6) is 0 Å². The third-order valence-corrected chi connectivity index (χ3v) is 13.9. The van der Waals surface area contributed by atoms with E-state index in [0.717, 1.165) is 22.6 Å². The van der Waals surface area contributed by atoms with E-state index in [-0.39, 0.29) is 0 Å². The van der Waals surface area contributed by atoms with Crippen molar-refractivity contribution in [3.05, 3.63) is 271 Å². The molecule has 0 aliphatic heterocycles. The largest absolute Gasteiger partial charge is 0.309 e. The van der Waals surface area contributed by atoms with E-state index in [2.05, 4.69) is 254 Å². The molecule has 0 unspecified atom stereocenters. The van der Waals surface area contributed by atoms with Crippen LogP contribution in [0.4, 0.5) is 17.1 Å². The summed E-state index contributed by atoms with van der Waals surface area (Å²) in [5.74, 6) is 0. The van der Waals surface area contributed by atoms with Gasteiger partial charge in [-0.25, -0.2) is 0 Å². The second kappa shape index (κ2) is 14.4. The van der Waals surface area contributed by atoms with Crippen molar-refractivity contribution < 1.29 is 0 Å². The maximum absolute atomic E-state index is 2.52. The Hall–Kier alpha value is -8.26. The van der Waals surface area contributed by atoms with Crippen molar-refractivity contribution in [3.63, 3.8) is 0 Å². The van der Waals surface area contributed by atoms with E-state index in [1.807, 2.05) is 0 Å². The second-order valence-electron chi connectivity index (χ2n) is 17.1. The topological polar surface area (TPSA) is 3.24 Å². The Kier molecular flexibility index (Phi) is 8.20. The first-order valence-corrected chi connectivity index (χ1v) is 22.3. The molecule has 0 amide bonds. The van der Waals surface area contributed by atoms with Gasteiger partial charge in [-0.2, -0.15) is 0 Å². The second-order valence-corrected chi connectivity index (χ2v) is 17.1.